The van der Waals surface area contributed by atoms with Crippen LogP contribution < -0.4 is 0 Å². The SMILES string of the molecule is C=COSCC. The third kappa shape index (κ3) is 3.89. The van der Waals surface area contributed by atoms with Crippen molar-refractivity contribution in [3.63, 3.8) is 0 Å². The van der Waals surface area contributed by atoms with E-state index in [0.29, 0.717) is 0 Å². The second-order valence-corrected chi connectivity index (χ2v) is 1.67. The van der Waals surface area contributed by atoms with Gasteiger partial charge in [-0.1, -0.05) is 13.5 Å². The first-order valence-electron chi connectivity index (χ1n) is 1.81. The molecule has 0 saturated heterocycles. The fourth-order valence-corrected chi connectivity index (χ4v) is 0.348. The van der Waals surface area contributed by atoms with Gasteiger partial charge in [-0.2, -0.15) is 0 Å². The van der Waals surface area contributed by atoms with Gasteiger partial charge in [-0.25, -0.2) is 0 Å². The second-order valence-electron chi connectivity index (χ2n) is 0.669. The van der Waals surface area contributed by atoms with Crippen LogP contribution in [0.25, 0.3) is 0 Å². The normalized spacial score (nSPS) is 7.50. The molecule has 0 aromatic heterocycles. The lowest BCUT2D eigenvalue weighted by atomic mass is 11.0. The van der Waals surface area contributed by atoms with Gasteiger partial charge in [0, 0.05) is 5.75 Å². The van der Waals surface area contributed by atoms with E-state index in [1.54, 1.807) is 0 Å². The highest BCUT2D eigenvalue weighted by Crippen LogP contribution is 1.98. The average molecular weight is 104 g/mol. The molecule has 0 aromatic carbocycles. The van der Waals surface area contributed by atoms with Gasteiger partial charge in [-0.05, 0) is 0 Å². The van der Waals surface area contributed by atoms with Gasteiger partial charge in [-0.15, -0.1) is 0 Å². The van der Waals surface area contributed by atoms with Crippen molar-refractivity contribution in [2.75, 3.05) is 5.75 Å². The van der Waals surface area contributed by atoms with E-state index in [1.165, 1.54) is 18.3 Å². The molecule has 0 unspecified atom stereocenters. The highest BCUT2D eigenvalue weighted by Gasteiger charge is 1.70. The smallest absolute Gasteiger partial charge is 0.0938 e. The first-order chi connectivity index (χ1) is 2.91. The minimum absolute atomic E-state index is 0.978. The fraction of sp³-hybridized carbons (Fsp3) is 0.500. The summed E-state index contributed by atoms with van der Waals surface area (Å²) in [5.41, 5.74) is 0. The van der Waals surface area contributed by atoms with Crippen LogP contribution in [0.1, 0.15) is 6.92 Å². The van der Waals surface area contributed by atoms with E-state index in [1.807, 2.05) is 6.92 Å². The Labute approximate surface area is 42.6 Å². The summed E-state index contributed by atoms with van der Waals surface area (Å²) in [5, 5.41) is 0. The lowest BCUT2D eigenvalue weighted by molar-refractivity contribution is 0.569. The van der Waals surface area contributed by atoms with Crippen LogP contribution in [0, 0.1) is 0 Å². The van der Waals surface area contributed by atoms with Crippen molar-refractivity contribution in [2.24, 2.45) is 0 Å². The molecule has 0 aliphatic rings. The van der Waals surface area contributed by atoms with Gasteiger partial charge in [0.25, 0.3) is 0 Å². The summed E-state index contributed by atoms with van der Waals surface area (Å²) in [6, 6.07) is 0. The van der Waals surface area contributed by atoms with Crippen LogP contribution in [0.5, 0.6) is 0 Å². The Bertz CT molecular complexity index is 36.5. The summed E-state index contributed by atoms with van der Waals surface area (Å²) in [7, 11) is 0. The van der Waals surface area contributed by atoms with Crippen molar-refractivity contribution in [2.45, 2.75) is 6.92 Å². The van der Waals surface area contributed by atoms with Crippen LogP contribution in [-0.4, -0.2) is 5.75 Å². The molecular formula is C4H8OS. The summed E-state index contributed by atoms with van der Waals surface area (Å²) < 4.78 is 4.66. The molecule has 6 heavy (non-hydrogen) atoms. The Morgan fingerprint density at radius 1 is 2.00 bits per heavy atom. The third-order valence-electron chi connectivity index (χ3n) is 0.254. The van der Waals surface area contributed by atoms with Gasteiger partial charge < -0.3 is 4.18 Å². The molecule has 0 spiro atoms. The van der Waals surface area contributed by atoms with E-state index in [0.717, 1.165) is 5.75 Å². The largest absolute Gasteiger partial charge is 0.434 e. The zero-order valence-corrected chi connectivity index (χ0v) is 4.62. The molecule has 0 aliphatic carbocycles. The minimum Gasteiger partial charge on any atom is -0.434 e. The Hall–Kier alpha value is -0.110. The summed E-state index contributed by atoms with van der Waals surface area (Å²) in [6.45, 7) is 5.38. The molecule has 0 fully saturated rings. The van der Waals surface area contributed by atoms with Crippen LogP contribution in [-0.2, 0) is 4.18 Å². The van der Waals surface area contributed by atoms with E-state index in [2.05, 4.69) is 10.8 Å². The molecule has 2 heteroatoms. The number of rotatable bonds is 3. The van der Waals surface area contributed by atoms with Gasteiger partial charge in [-0.3, -0.25) is 0 Å². The molecule has 0 radical (unpaired) electrons. The maximum atomic E-state index is 4.66. The Morgan fingerprint density at radius 2 is 2.67 bits per heavy atom. The molecule has 1 nitrogen and oxygen atoms in total. The Morgan fingerprint density at radius 3 is 2.83 bits per heavy atom. The first-order valence-corrected chi connectivity index (χ1v) is 2.72. The Balaban J connectivity index is 2.49. The molecule has 0 aromatic rings. The molecule has 0 amide bonds. The molecule has 0 rings (SSSR count). The van der Waals surface area contributed by atoms with E-state index in [9.17, 15) is 0 Å². The average Bonchev–Trinajstić information content (AvgIpc) is 1.61. The molecular weight excluding hydrogens is 96.1 g/mol. The predicted octanol–water partition coefficient (Wildman–Crippen LogP) is 1.81. The monoisotopic (exact) mass is 104 g/mol. The molecule has 36 valence electrons. The van der Waals surface area contributed by atoms with Crippen molar-refractivity contribution < 1.29 is 4.18 Å². The van der Waals surface area contributed by atoms with E-state index >= 15 is 0 Å². The lowest BCUT2D eigenvalue weighted by Crippen LogP contribution is -1.63. The van der Waals surface area contributed by atoms with E-state index in [4.69, 9.17) is 0 Å². The predicted molar refractivity (Wildman–Crippen MR) is 29.4 cm³/mol. The molecule has 0 N–H and O–H groups in total. The fourth-order valence-electron chi connectivity index (χ4n) is 0.116. The summed E-state index contributed by atoms with van der Waals surface area (Å²) in [5.74, 6) is 0.978. The minimum atomic E-state index is 0.978. The van der Waals surface area contributed by atoms with Crippen molar-refractivity contribution in [3.8, 4) is 0 Å². The van der Waals surface area contributed by atoms with Crippen LogP contribution in [0.15, 0.2) is 12.8 Å². The van der Waals surface area contributed by atoms with E-state index in [-0.39, 0.29) is 0 Å². The van der Waals surface area contributed by atoms with E-state index < -0.39 is 0 Å². The standard InChI is InChI=1S/C4H8OS/c1-3-5-6-4-2/h3H,1,4H2,2H3. The van der Waals surface area contributed by atoms with Gasteiger partial charge in [0.1, 0.15) is 0 Å². The molecule has 0 saturated carbocycles. The van der Waals surface area contributed by atoms with Gasteiger partial charge in [0.2, 0.25) is 0 Å². The molecule has 0 bridgehead atoms. The quantitative estimate of drug-likeness (QED) is 0.307. The van der Waals surface area contributed by atoms with Crippen molar-refractivity contribution in [1.29, 1.82) is 0 Å². The van der Waals surface area contributed by atoms with Gasteiger partial charge in [0.05, 0.1) is 18.3 Å². The van der Waals surface area contributed by atoms with Crippen LogP contribution in [0.2, 0.25) is 0 Å². The van der Waals surface area contributed by atoms with Gasteiger partial charge >= 0.3 is 0 Å². The maximum Gasteiger partial charge on any atom is 0.0938 e. The van der Waals surface area contributed by atoms with Crippen LogP contribution >= 0.6 is 12.0 Å². The maximum absolute atomic E-state index is 4.66. The summed E-state index contributed by atoms with van der Waals surface area (Å²) in [6.07, 6.45) is 1.42. The topological polar surface area (TPSA) is 9.23 Å². The first kappa shape index (κ1) is 5.89. The molecule has 0 atom stereocenters. The van der Waals surface area contributed by atoms with Crippen LogP contribution in [0.3, 0.4) is 0 Å². The van der Waals surface area contributed by atoms with Gasteiger partial charge in [0.15, 0.2) is 0 Å². The zero-order valence-electron chi connectivity index (χ0n) is 3.81. The lowest BCUT2D eigenvalue weighted by Gasteiger charge is -1.87. The summed E-state index contributed by atoms with van der Waals surface area (Å²) >= 11 is 1.39. The number of hydrogen-bond donors (Lipinski definition) is 0. The molecule has 0 heterocycles. The highest BCUT2D eigenvalue weighted by atomic mass is 32.2. The second kappa shape index (κ2) is 4.89. The summed E-state index contributed by atoms with van der Waals surface area (Å²) in [4.78, 5) is 0. The van der Waals surface area contributed by atoms with Crippen molar-refractivity contribution in [3.05, 3.63) is 12.8 Å². The number of hydrogen-bond acceptors (Lipinski definition) is 2. The van der Waals surface area contributed by atoms with Crippen molar-refractivity contribution >= 4 is 12.0 Å². The highest BCUT2D eigenvalue weighted by molar-refractivity contribution is 7.94. The van der Waals surface area contributed by atoms with Crippen LogP contribution in [0.4, 0.5) is 0 Å². The Kier molecular flexibility index (Phi) is 4.80. The van der Waals surface area contributed by atoms with Crippen molar-refractivity contribution in [1.82, 2.24) is 0 Å². The third-order valence-corrected chi connectivity index (χ3v) is 0.762. The zero-order chi connectivity index (χ0) is 4.83. The molecule has 0 aliphatic heterocycles.